The van der Waals surface area contributed by atoms with Gasteiger partial charge in [-0.05, 0) is 85.4 Å². The number of carboxylic acids is 1. The van der Waals surface area contributed by atoms with Gasteiger partial charge in [0.2, 0.25) is 5.91 Å². The Kier molecular flexibility index (Phi) is 6.79. The van der Waals surface area contributed by atoms with Crippen molar-refractivity contribution in [3.8, 4) is 0 Å². The Labute approximate surface area is 236 Å². The van der Waals surface area contributed by atoms with Crippen molar-refractivity contribution in [1.29, 1.82) is 0 Å². The van der Waals surface area contributed by atoms with E-state index in [1.807, 2.05) is 0 Å². The van der Waals surface area contributed by atoms with Crippen LogP contribution in [-0.4, -0.2) is 41.0 Å². The Bertz CT molecular complexity index is 1410. The number of likely N-dealkylation sites (tertiary alicyclic amines) is 1. The van der Waals surface area contributed by atoms with Gasteiger partial charge < -0.3 is 10.4 Å². The number of rotatable bonds is 6. The number of alkyl halides is 3. The minimum atomic E-state index is -4.70. The molecule has 6 atom stereocenters. The molecule has 0 aromatic heterocycles. The highest BCUT2D eigenvalue weighted by Gasteiger charge is 2.62. The van der Waals surface area contributed by atoms with Crippen molar-refractivity contribution in [2.45, 2.75) is 63.2 Å². The first-order chi connectivity index (χ1) is 19.4. The van der Waals surface area contributed by atoms with Crippen molar-refractivity contribution < 1.29 is 32.3 Å². The molecule has 218 valence electrons. The van der Waals surface area contributed by atoms with Crippen LogP contribution >= 0.6 is 0 Å². The molecule has 1 aliphatic heterocycles. The van der Waals surface area contributed by atoms with Gasteiger partial charge in [0.1, 0.15) is 5.82 Å². The topological polar surface area (TPSA) is 69.6 Å². The lowest BCUT2D eigenvalue weighted by atomic mass is 9.67. The summed E-state index contributed by atoms with van der Waals surface area (Å²) in [5, 5.41) is 12.4. The summed E-state index contributed by atoms with van der Waals surface area (Å²) >= 11 is 0. The molecule has 9 heteroatoms. The van der Waals surface area contributed by atoms with Gasteiger partial charge in [-0.1, -0.05) is 43.3 Å². The number of hydrogen-bond donors (Lipinski definition) is 2. The standard InChI is InChI=1S/C32H34F4N2O3/c1-19-18-38(11-10-30(19)8-6-21-4-2-3-5-26(21)30)24-7-9-31(16-24,27-15-25(27)28(39)40)29(41)37-17-20-12-22(32(34,35)36)14-23(33)13-20/h2-6,8,12-14,19,24-25,27H,7,9-11,15-18H2,1H3,(H,37,41)(H,39,40)/t19-,24?,25?,27?,30-,31?/m0/s1. The van der Waals surface area contributed by atoms with Crippen LogP contribution in [0.25, 0.3) is 6.08 Å². The third-order valence-corrected chi connectivity index (χ3v) is 10.3. The molecule has 6 rings (SSSR count). The second-order valence-corrected chi connectivity index (χ2v) is 12.5. The number of halogens is 4. The fraction of sp³-hybridized carbons (Fsp3) is 0.500. The maximum Gasteiger partial charge on any atom is 0.416 e. The summed E-state index contributed by atoms with van der Waals surface area (Å²) in [4.78, 5) is 28.0. The van der Waals surface area contributed by atoms with Crippen molar-refractivity contribution >= 4 is 18.0 Å². The van der Waals surface area contributed by atoms with Gasteiger partial charge in [0.25, 0.3) is 0 Å². The average Bonchev–Trinajstić information content (AvgIpc) is 3.49. The van der Waals surface area contributed by atoms with Crippen LogP contribution in [0.5, 0.6) is 0 Å². The Morgan fingerprint density at radius 2 is 1.93 bits per heavy atom. The zero-order valence-electron chi connectivity index (χ0n) is 22.9. The van der Waals surface area contributed by atoms with Gasteiger partial charge in [-0.25, -0.2) is 4.39 Å². The summed E-state index contributed by atoms with van der Waals surface area (Å²) in [5.41, 5.74) is 0.611. The molecule has 1 saturated heterocycles. The number of amides is 1. The van der Waals surface area contributed by atoms with E-state index in [0.717, 1.165) is 38.1 Å². The summed E-state index contributed by atoms with van der Waals surface area (Å²) in [6.45, 7) is 3.73. The lowest BCUT2D eigenvalue weighted by Crippen LogP contribution is -2.51. The maximum atomic E-state index is 13.9. The van der Waals surface area contributed by atoms with Crippen molar-refractivity contribution in [3.63, 3.8) is 0 Å². The first-order valence-electron chi connectivity index (χ1n) is 14.3. The van der Waals surface area contributed by atoms with Gasteiger partial charge in [-0.3, -0.25) is 14.5 Å². The van der Waals surface area contributed by atoms with Crippen LogP contribution in [0.3, 0.4) is 0 Å². The molecule has 3 aliphatic carbocycles. The normalized spacial score (nSPS) is 32.7. The molecule has 2 N–H and O–H groups in total. The third-order valence-electron chi connectivity index (χ3n) is 10.3. The van der Waals surface area contributed by atoms with Crippen LogP contribution < -0.4 is 5.32 Å². The molecule has 2 aromatic rings. The van der Waals surface area contributed by atoms with Gasteiger partial charge in [-0.15, -0.1) is 0 Å². The second-order valence-electron chi connectivity index (χ2n) is 12.5. The highest BCUT2D eigenvalue weighted by atomic mass is 19.4. The first-order valence-corrected chi connectivity index (χ1v) is 14.3. The molecule has 41 heavy (non-hydrogen) atoms. The molecular weight excluding hydrogens is 536 g/mol. The molecule has 1 spiro atoms. The fourth-order valence-electron chi connectivity index (χ4n) is 7.98. The Morgan fingerprint density at radius 3 is 2.63 bits per heavy atom. The van der Waals surface area contributed by atoms with Crippen molar-refractivity contribution in [1.82, 2.24) is 10.2 Å². The number of carbonyl (C=O) groups excluding carboxylic acids is 1. The molecule has 4 aliphatic rings. The van der Waals surface area contributed by atoms with Crippen molar-refractivity contribution in [2.24, 2.45) is 23.2 Å². The van der Waals surface area contributed by atoms with Crippen LogP contribution in [0.1, 0.15) is 61.3 Å². The van der Waals surface area contributed by atoms with Crippen molar-refractivity contribution in [3.05, 3.63) is 76.6 Å². The van der Waals surface area contributed by atoms with E-state index >= 15 is 0 Å². The summed E-state index contributed by atoms with van der Waals surface area (Å²) in [6.07, 6.45) is 3.00. The largest absolute Gasteiger partial charge is 0.481 e. The van der Waals surface area contributed by atoms with E-state index < -0.39 is 34.9 Å². The lowest BCUT2D eigenvalue weighted by molar-refractivity contribution is -0.140. The van der Waals surface area contributed by atoms with E-state index in [1.165, 1.54) is 11.1 Å². The quantitative estimate of drug-likeness (QED) is 0.417. The molecule has 1 amide bonds. The molecule has 2 saturated carbocycles. The molecular formula is C32H34F4N2O3. The highest BCUT2D eigenvalue weighted by Crippen LogP contribution is 2.60. The average molecular weight is 571 g/mol. The third kappa shape index (κ3) is 4.86. The first kappa shape index (κ1) is 27.9. The molecule has 3 fully saturated rings. The summed E-state index contributed by atoms with van der Waals surface area (Å²) in [5.74, 6) is -2.87. The van der Waals surface area contributed by atoms with E-state index in [1.54, 1.807) is 0 Å². The van der Waals surface area contributed by atoms with Crippen LogP contribution in [0.15, 0.2) is 48.5 Å². The summed E-state index contributed by atoms with van der Waals surface area (Å²) < 4.78 is 53.5. The van der Waals surface area contributed by atoms with Gasteiger partial charge in [-0.2, -0.15) is 13.2 Å². The number of aliphatic carboxylic acids is 1. The number of hydrogen-bond acceptors (Lipinski definition) is 3. The van der Waals surface area contributed by atoms with E-state index in [4.69, 9.17) is 0 Å². The monoisotopic (exact) mass is 570 g/mol. The number of nitrogens with one attached hydrogen (secondary N) is 1. The van der Waals surface area contributed by atoms with Crippen LogP contribution in [0.4, 0.5) is 17.6 Å². The fourth-order valence-corrected chi connectivity index (χ4v) is 7.98. The number of fused-ring (bicyclic) bond motifs is 2. The SMILES string of the molecule is C[C@H]1CN(C2CCC(C(=O)NCc3cc(F)cc(C(F)(F)F)c3)(C3CC3C(=O)O)C2)CC[C@@]12C=Cc1ccccc12. The predicted molar refractivity (Wildman–Crippen MR) is 145 cm³/mol. The smallest absolute Gasteiger partial charge is 0.416 e. The zero-order chi connectivity index (χ0) is 29.2. The van der Waals surface area contributed by atoms with Gasteiger partial charge >= 0.3 is 12.1 Å². The Hall–Kier alpha value is -3.20. The molecule has 4 unspecified atom stereocenters. The number of carboxylic acid groups (broad SMARTS) is 1. The molecule has 0 radical (unpaired) electrons. The van der Waals surface area contributed by atoms with Gasteiger partial charge in [0, 0.05) is 24.5 Å². The van der Waals surface area contributed by atoms with Crippen LogP contribution in [0.2, 0.25) is 0 Å². The van der Waals surface area contributed by atoms with E-state index in [2.05, 4.69) is 53.6 Å². The zero-order valence-corrected chi connectivity index (χ0v) is 22.9. The molecule has 2 aromatic carbocycles. The number of allylic oxidation sites excluding steroid dienone is 1. The minimum Gasteiger partial charge on any atom is -0.481 e. The Balaban J connectivity index is 1.18. The van der Waals surface area contributed by atoms with E-state index in [9.17, 15) is 32.3 Å². The predicted octanol–water partition coefficient (Wildman–Crippen LogP) is 6.03. The van der Waals surface area contributed by atoms with Gasteiger partial charge in [0.15, 0.2) is 0 Å². The summed E-state index contributed by atoms with van der Waals surface area (Å²) in [7, 11) is 0. The van der Waals surface area contributed by atoms with Gasteiger partial charge in [0.05, 0.1) is 16.9 Å². The number of carbonyl (C=O) groups is 2. The molecule has 1 heterocycles. The number of benzene rings is 2. The lowest BCUT2D eigenvalue weighted by Gasteiger charge is -2.46. The van der Waals surface area contributed by atoms with E-state index in [0.29, 0.717) is 31.2 Å². The highest BCUT2D eigenvalue weighted by molar-refractivity contribution is 5.86. The van der Waals surface area contributed by atoms with Crippen LogP contribution in [0, 0.1) is 29.0 Å². The Morgan fingerprint density at radius 1 is 1.15 bits per heavy atom. The van der Waals surface area contributed by atoms with E-state index in [-0.39, 0.29) is 35.4 Å². The molecule has 5 nitrogen and oxygen atoms in total. The number of nitrogens with zero attached hydrogens (tertiary/aromatic N) is 1. The summed E-state index contributed by atoms with van der Waals surface area (Å²) in [6, 6.07) is 10.9. The maximum absolute atomic E-state index is 13.9. The minimum absolute atomic E-state index is 0.00865. The number of piperidine rings is 1. The van der Waals surface area contributed by atoms with Crippen LogP contribution in [-0.2, 0) is 27.7 Å². The second kappa shape index (κ2) is 9.96. The van der Waals surface area contributed by atoms with Crippen molar-refractivity contribution in [2.75, 3.05) is 13.1 Å². The molecule has 0 bridgehead atoms.